The van der Waals surface area contributed by atoms with Gasteiger partial charge in [0.1, 0.15) is 5.82 Å². The number of carbonyl (C=O) groups is 1. The zero-order valence-electron chi connectivity index (χ0n) is 11.5. The Kier molecular flexibility index (Phi) is 3.94. The second-order valence-electron chi connectivity index (χ2n) is 5.25. The largest absolute Gasteiger partial charge is 0.403 e. The van der Waals surface area contributed by atoms with E-state index < -0.39 is 0 Å². The van der Waals surface area contributed by atoms with E-state index in [1.54, 1.807) is 12.1 Å². The fourth-order valence-corrected chi connectivity index (χ4v) is 2.58. The van der Waals surface area contributed by atoms with Crippen LogP contribution in [0.2, 0.25) is 0 Å². The topological polar surface area (TPSA) is 68.0 Å². The highest BCUT2D eigenvalue weighted by Gasteiger charge is 2.22. The van der Waals surface area contributed by atoms with Gasteiger partial charge in [-0.2, -0.15) is 0 Å². The maximum atomic E-state index is 13.2. The summed E-state index contributed by atoms with van der Waals surface area (Å²) in [7, 11) is 0. The van der Waals surface area contributed by atoms with Crippen molar-refractivity contribution < 1.29 is 13.6 Å². The molecule has 0 spiro atoms. The number of hydrogen-bond donors (Lipinski definition) is 1. The highest BCUT2D eigenvalue weighted by molar-refractivity contribution is 5.90. The molecule has 3 rings (SSSR count). The Morgan fingerprint density at radius 2 is 2.05 bits per heavy atom. The molecule has 1 aliphatic carbocycles. The Bertz CT molecular complexity index is 635. The van der Waals surface area contributed by atoms with E-state index in [0.29, 0.717) is 5.56 Å². The molecule has 1 fully saturated rings. The van der Waals surface area contributed by atoms with E-state index in [4.69, 9.17) is 4.42 Å². The van der Waals surface area contributed by atoms with Crippen molar-refractivity contribution in [2.24, 2.45) is 5.92 Å². The van der Waals surface area contributed by atoms with Gasteiger partial charge in [-0.1, -0.05) is 30.4 Å². The molecule has 0 aliphatic heterocycles. The summed E-state index contributed by atoms with van der Waals surface area (Å²) in [5.41, 5.74) is 0.487. The van der Waals surface area contributed by atoms with Crippen molar-refractivity contribution in [1.82, 2.24) is 10.2 Å². The number of nitrogens with zero attached hydrogens (tertiary/aromatic N) is 2. The van der Waals surface area contributed by atoms with E-state index in [0.717, 1.165) is 25.7 Å². The zero-order chi connectivity index (χ0) is 14.7. The first kappa shape index (κ1) is 13.7. The van der Waals surface area contributed by atoms with Gasteiger partial charge in [-0.25, -0.2) is 4.39 Å². The predicted octanol–water partition coefficient (Wildman–Crippen LogP) is 3.39. The minimum absolute atomic E-state index is 0.0169. The normalized spacial score (nSPS) is 15.9. The molecule has 0 bridgehead atoms. The average molecular weight is 289 g/mol. The fraction of sp³-hybridized carbons (Fsp3) is 0.400. The quantitative estimate of drug-likeness (QED) is 0.940. The molecule has 0 saturated heterocycles. The second kappa shape index (κ2) is 6.03. The molecule has 1 saturated carbocycles. The van der Waals surface area contributed by atoms with Gasteiger partial charge in [-0.3, -0.25) is 10.1 Å². The highest BCUT2D eigenvalue weighted by atomic mass is 19.1. The van der Waals surface area contributed by atoms with Crippen molar-refractivity contribution in [3.8, 4) is 11.5 Å². The lowest BCUT2D eigenvalue weighted by Crippen LogP contribution is -2.24. The summed E-state index contributed by atoms with van der Waals surface area (Å²) < 4.78 is 18.5. The Morgan fingerprint density at radius 3 is 2.81 bits per heavy atom. The van der Waals surface area contributed by atoms with E-state index >= 15 is 0 Å². The van der Waals surface area contributed by atoms with E-state index in [2.05, 4.69) is 15.5 Å². The van der Waals surface area contributed by atoms with Crippen LogP contribution in [0.1, 0.15) is 32.1 Å². The first-order valence-corrected chi connectivity index (χ1v) is 7.13. The van der Waals surface area contributed by atoms with E-state index in [9.17, 15) is 9.18 Å². The van der Waals surface area contributed by atoms with Crippen molar-refractivity contribution in [2.75, 3.05) is 5.32 Å². The Labute approximate surface area is 121 Å². The zero-order valence-corrected chi connectivity index (χ0v) is 11.5. The van der Waals surface area contributed by atoms with Crippen molar-refractivity contribution in [3.63, 3.8) is 0 Å². The number of carbonyl (C=O) groups excluding carboxylic acids is 1. The van der Waals surface area contributed by atoms with Crippen LogP contribution in [0.15, 0.2) is 28.7 Å². The molecular weight excluding hydrogens is 273 g/mol. The summed E-state index contributed by atoms with van der Waals surface area (Å²) >= 11 is 0. The average Bonchev–Trinajstić information content (AvgIpc) is 2.97. The molecule has 1 aliphatic rings. The SMILES string of the molecule is O=C(Nc1nnc(-c2cccc(F)c2)o1)C1CCCCC1. The van der Waals surface area contributed by atoms with Crippen LogP contribution in [0.3, 0.4) is 0 Å². The third-order valence-electron chi connectivity index (χ3n) is 3.70. The molecular formula is C15H16FN3O2. The number of nitrogens with one attached hydrogen (secondary N) is 1. The molecule has 1 heterocycles. The van der Waals surface area contributed by atoms with Gasteiger partial charge >= 0.3 is 6.01 Å². The van der Waals surface area contributed by atoms with Gasteiger partial charge < -0.3 is 4.42 Å². The van der Waals surface area contributed by atoms with Crippen LogP contribution in [0.5, 0.6) is 0 Å². The van der Waals surface area contributed by atoms with Gasteiger partial charge in [0, 0.05) is 11.5 Å². The van der Waals surface area contributed by atoms with E-state index in [-0.39, 0.29) is 29.5 Å². The van der Waals surface area contributed by atoms with E-state index in [1.807, 2.05) is 0 Å². The predicted molar refractivity (Wildman–Crippen MR) is 74.9 cm³/mol. The number of halogens is 1. The van der Waals surface area contributed by atoms with Gasteiger partial charge in [-0.15, -0.1) is 5.10 Å². The molecule has 1 amide bonds. The number of hydrogen-bond acceptors (Lipinski definition) is 4. The Morgan fingerprint density at radius 1 is 1.24 bits per heavy atom. The lowest BCUT2D eigenvalue weighted by atomic mass is 9.89. The molecule has 0 unspecified atom stereocenters. The van der Waals surface area contributed by atoms with Crippen molar-refractivity contribution in [1.29, 1.82) is 0 Å². The monoisotopic (exact) mass is 289 g/mol. The minimum Gasteiger partial charge on any atom is -0.403 e. The van der Waals surface area contributed by atoms with Gasteiger partial charge in [0.25, 0.3) is 0 Å². The summed E-state index contributed by atoms with van der Waals surface area (Å²) in [5.74, 6) is -0.251. The minimum atomic E-state index is -0.376. The van der Waals surface area contributed by atoms with Crippen LogP contribution in [0.25, 0.3) is 11.5 Å². The lowest BCUT2D eigenvalue weighted by Gasteiger charge is -2.19. The number of anilines is 1. The molecule has 1 aromatic heterocycles. The molecule has 110 valence electrons. The molecule has 1 aromatic carbocycles. The fourth-order valence-electron chi connectivity index (χ4n) is 2.58. The molecule has 2 aromatic rings. The molecule has 5 nitrogen and oxygen atoms in total. The third-order valence-corrected chi connectivity index (χ3v) is 3.70. The van der Waals surface area contributed by atoms with Crippen molar-refractivity contribution in [2.45, 2.75) is 32.1 Å². The van der Waals surface area contributed by atoms with Crippen LogP contribution in [0.4, 0.5) is 10.4 Å². The molecule has 0 atom stereocenters. The van der Waals surface area contributed by atoms with Gasteiger partial charge in [0.15, 0.2) is 0 Å². The number of benzene rings is 1. The number of rotatable bonds is 3. The summed E-state index contributed by atoms with van der Waals surface area (Å²) in [6, 6.07) is 5.94. The summed E-state index contributed by atoms with van der Waals surface area (Å²) in [6.45, 7) is 0. The highest BCUT2D eigenvalue weighted by Crippen LogP contribution is 2.25. The van der Waals surface area contributed by atoms with Crippen LogP contribution in [-0.2, 0) is 4.79 Å². The number of aromatic nitrogens is 2. The van der Waals surface area contributed by atoms with Crippen LogP contribution in [-0.4, -0.2) is 16.1 Å². The van der Waals surface area contributed by atoms with Crippen LogP contribution in [0, 0.1) is 11.7 Å². The maximum Gasteiger partial charge on any atom is 0.322 e. The number of amides is 1. The summed E-state index contributed by atoms with van der Waals surface area (Å²) in [5, 5.41) is 10.3. The van der Waals surface area contributed by atoms with Gasteiger partial charge in [-0.05, 0) is 31.0 Å². The Balaban J connectivity index is 1.69. The summed E-state index contributed by atoms with van der Waals surface area (Å²) in [6.07, 6.45) is 5.15. The van der Waals surface area contributed by atoms with Gasteiger partial charge in [0.05, 0.1) is 0 Å². The lowest BCUT2D eigenvalue weighted by molar-refractivity contribution is -0.120. The maximum absolute atomic E-state index is 13.2. The molecule has 21 heavy (non-hydrogen) atoms. The first-order valence-electron chi connectivity index (χ1n) is 7.13. The first-order chi connectivity index (χ1) is 10.2. The van der Waals surface area contributed by atoms with Crippen LogP contribution < -0.4 is 5.32 Å². The third kappa shape index (κ3) is 3.26. The van der Waals surface area contributed by atoms with Crippen LogP contribution >= 0.6 is 0 Å². The molecule has 6 heteroatoms. The van der Waals surface area contributed by atoms with Crippen molar-refractivity contribution in [3.05, 3.63) is 30.1 Å². The smallest absolute Gasteiger partial charge is 0.322 e. The standard InChI is InChI=1S/C15H16FN3O2/c16-12-8-4-7-11(9-12)14-18-19-15(21-14)17-13(20)10-5-2-1-3-6-10/h4,7-10H,1-3,5-6H2,(H,17,19,20). The molecule has 1 N–H and O–H groups in total. The van der Waals surface area contributed by atoms with Crippen molar-refractivity contribution >= 4 is 11.9 Å². The Hall–Kier alpha value is -2.24. The second-order valence-corrected chi connectivity index (χ2v) is 5.25. The van der Waals surface area contributed by atoms with E-state index in [1.165, 1.54) is 18.6 Å². The van der Waals surface area contributed by atoms with Gasteiger partial charge in [0.2, 0.25) is 11.8 Å². The summed E-state index contributed by atoms with van der Waals surface area (Å²) in [4.78, 5) is 12.1. The molecule has 0 radical (unpaired) electrons.